The molecule has 0 N–H and O–H groups in total. The van der Waals surface area contributed by atoms with Gasteiger partial charge in [-0.25, -0.2) is 4.98 Å². The number of nitrogens with zero attached hydrogens (tertiary/aromatic N) is 4. The standard InChI is InChI=1S/C20H24N4O/c1-3-14-10-17(11-21)19(22-18(14)15-4-5-15)23-8-9-24(13(2)12-23)20(25)16-6-7-16/h3,10,13,15-16H,1,4-9,12H2,2H3. The van der Waals surface area contributed by atoms with Crippen LogP contribution < -0.4 is 4.90 Å². The fourth-order valence-electron chi connectivity index (χ4n) is 3.75. The number of carbonyl (C=O) groups excluding carboxylic acids is 1. The Labute approximate surface area is 148 Å². The molecule has 1 aromatic heterocycles. The molecular formula is C20H24N4O. The third-order valence-corrected chi connectivity index (χ3v) is 5.50. The van der Waals surface area contributed by atoms with Crippen LogP contribution in [0.5, 0.6) is 0 Å². The quantitative estimate of drug-likeness (QED) is 0.848. The van der Waals surface area contributed by atoms with E-state index in [4.69, 9.17) is 4.98 Å². The highest BCUT2D eigenvalue weighted by Gasteiger charge is 2.38. The average molecular weight is 336 g/mol. The maximum Gasteiger partial charge on any atom is 0.226 e. The Morgan fingerprint density at radius 2 is 2.12 bits per heavy atom. The van der Waals surface area contributed by atoms with Crippen LogP contribution in [0.15, 0.2) is 12.6 Å². The van der Waals surface area contributed by atoms with Gasteiger partial charge in [-0.15, -0.1) is 0 Å². The van der Waals surface area contributed by atoms with Crippen LogP contribution in [0.4, 0.5) is 5.82 Å². The predicted octanol–water partition coefficient (Wildman–Crippen LogP) is 2.92. The summed E-state index contributed by atoms with van der Waals surface area (Å²) in [6.45, 7) is 8.16. The summed E-state index contributed by atoms with van der Waals surface area (Å²) in [5, 5.41) is 9.59. The maximum absolute atomic E-state index is 12.4. The molecule has 0 aromatic carbocycles. The smallest absolute Gasteiger partial charge is 0.226 e. The molecule has 2 aliphatic carbocycles. The Morgan fingerprint density at radius 1 is 1.36 bits per heavy atom. The number of carbonyl (C=O) groups is 1. The van der Waals surface area contributed by atoms with Crippen molar-refractivity contribution >= 4 is 17.8 Å². The van der Waals surface area contributed by atoms with Crippen LogP contribution in [-0.2, 0) is 4.79 Å². The SMILES string of the molecule is C=Cc1cc(C#N)c(N2CCN(C(=O)C3CC3)C(C)C2)nc1C1CC1. The van der Waals surface area contributed by atoms with E-state index in [2.05, 4.69) is 24.5 Å². The van der Waals surface area contributed by atoms with Gasteiger partial charge in [-0.3, -0.25) is 4.79 Å². The molecule has 5 heteroatoms. The van der Waals surface area contributed by atoms with Crippen molar-refractivity contribution in [2.75, 3.05) is 24.5 Å². The van der Waals surface area contributed by atoms with Gasteiger partial charge in [0.15, 0.2) is 0 Å². The summed E-state index contributed by atoms with van der Waals surface area (Å²) in [6, 6.07) is 4.38. The van der Waals surface area contributed by atoms with Crippen molar-refractivity contribution in [2.45, 2.75) is 44.6 Å². The molecule has 0 bridgehead atoms. The van der Waals surface area contributed by atoms with Gasteiger partial charge in [0.1, 0.15) is 11.9 Å². The summed E-state index contributed by atoms with van der Waals surface area (Å²) in [4.78, 5) is 21.5. The van der Waals surface area contributed by atoms with E-state index in [1.165, 1.54) is 12.8 Å². The third-order valence-electron chi connectivity index (χ3n) is 5.50. The Balaban J connectivity index is 1.59. The number of nitriles is 1. The molecule has 25 heavy (non-hydrogen) atoms. The van der Waals surface area contributed by atoms with Crippen molar-refractivity contribution in [1.82, 2.24) is 9.88 Å². The highest BCUT2D eigenvalue weighted by molar-refractivity contribution is 5.81. The molecule has 1 unspecified atom stereocenters. The van der Waals surface area contributed by atoms with E-state index >= 15 is 0 Å². The van der Waals surface area contributed by atoms with E-state index in [9.17, 15) is 10.1 Å². The van der Waals surface area contributed by atoms with Crippen molar-refractivity contribution < 1.29 is 4.79 Å². The maximum atomic E-state index is 12.4. The molecule has 2 heterocycles. The molecular weight excluding hydrogens is 312 g/mol. The molecule has 2 saturated carbocycles. The Hall–Kier alpha value is -2.35. The lowest BCUT2D eigenvalue weighted by molar-refractivity contribution is -0.134. The first-order chi connectivity index (χ1) is 12.1. The molecule has 1 aromatic rings. The Bertz CT molecular complexity index is 758. The lowest BCUT2D eigenvalue weighted by Gasteiger charge is -2.41. The topological polar surface area (TPSA) is 60.2 Å². The number of aromatic nitrogens is 1. The number of hydrogen-bond donors (Lipinski definition) is 0. The van der Waals surface area contributed by atoms with Crippen LogP contribution in [-0.4, -0.2) is 41.5 Å². The van der Waals surface area contributed by atoms with Gasteiger partial charge in [0, 0.05) is 37.5 Å². The monoisotopic (exact) mass is 336 g/mol. The largest absolute Gasteiger partial charge is 0.352 e. The minimum Gasteiger partial charge on any atom is -0.352 e. The van der Waals surface area contributed by atoms with Gasteiger partial charge in [-0.2, -0.15) is 5.26 Å². The molecule has 130 valence electrons. The zero-order valence-corrected chi connectivity index (χ0v) is 14.7. The Kier molecular flexibility index (Phi) is 3.99. The second-order valence-corrected chi connectivity index (χ2v) is 7.53. The van der Waals surface area contributed by atoms with Gasteiger partial charge >= 0.3 is 0 Å². The number of anilines is 1. The number of amides is 1. The predicted molar refractivity (Wildman–Crippen MR) is 97.1 cm³/mol. The van der Waals surface area contributed by atoms with Gasteiger partial charge in [0.05, 0.1) is 11.3 Å². The van der Waals surface area contributed by atoms with Crippen LogP contribution >= 0.6 is 0 Å². The second kappa shape index (κ2) is 6.18. The van der Waals surface area contributed by atoms with Gasteiger partial charge in [0.2, 0.25) is 5.91 Å². The molecule has 4 rings (SSSR count). The number of rotatable bonds is 4. The highest BCUT2D eigenvalue weighted by Crippen LogP contribution is 2.42. The van der Waals surface area contributed by atoms with E-state index in [0.29, 0.717) is 23.9 Å². The molecule has 1 aliphatic heterocycles. The summed E-state index contributed by atoms with van der Waals surface area (Å²) in [6.07, 6.45) is 6.22. The van der Waals surface area contributed by atoms with Gasteiger partial charge < -0.3 is 9.80 Å². The van der Waals surface area contributed by atoms with Crippen molar-refractivity contribution in [2.24, 2.45) is 5.92 Å². The molecule has 1 amide bonds. The fraction of sp³-hybridized carbons (Fsp3) is 0.550. The molecule has 0 radical (unpaired) electrons. The van der Waals surface area contributed by atoms with Gasteiger partial charge in [-0.05, 0) is 44.2 Å². The lowest BCUT2D eigenvalue weighted by atomic mass is 10.1. The van der Waals surface area contributed by atoms with E-state index < -0.39 is 0 Å². The van der Waals surface area contributed by atoms with Crippen molar-refractivity contribution in [3.63, 3.8) is 0 Å². The number of piperazine rings is 1. The zero-order chi connectivity index (χ0) is 17.6. The van der Waals surface area contributed by atoms with Crippen molar-refractivity contribution in [3.8, 4) is 6.07 Å². The van der Waals surface area contributed by atoms with E-state index in [1.54, 1.807) is 6.08 Å². The third kappa shape index (κ3) is 3.02. The number of hydrogen-bond acceptors (Lipinski definition) is 4. The summed E-state index contributed by atoms with van der Waals surface area (Å²) < 4.78 is 0. The minimum atomic E-state index is 0.152. The minimum absolute atomic E-state index is 0.152. The van der Waals surface area contributed by atoms with E-state index in [1.807, 2.05) is 11.0 Å². The van der Waals surface area contributed by atoms with Crippen LogP contribution in [0.1, 0.15) is 55.3 Å². The van der Waals surface area contributed by atoms with E-state index in [-0.39, 0.29) is 12.0 Å². The molecule has 5 nitrogen and oxygen atoms in total. The zero-order valence-electron chi connectivity index (χ0n) is 14.7. The van der Waals surface area contributed by atoms with Crippen molar-refractivity contribution in [1.29, 1.82) is 5.26 Å². The summed E-state index contributed by atoms with van der Waals surface area (Å²) in [7, 11) is 0. The summed E-state index contributed by atoms with van der Waals surface area (Å²) >= 11 is 0. The second-order valence-electron chi connectivity index (χ2n) is 7.53. The van der Waals surface area contributed by atoms with Gasteiger partial charge in [0.25, 0.3) is 0 Å². The Morgan fingerprint density at radius 3 is 2.68 bits per heavy atom. The highest BCUT2D eigenvalue weighted by atomic mass is 16.2. The summed E-state index contributed by atoms with van der Waals surface area (Å²) in [5.41, 5.74) is 2.67. The fourth-order valence-corrected chi connectivity index (χ4v) is 3.75. The normalized spacial score (nSPS) is 23.3. The van der Waals surface area contributed by atoms with Crippen molar-refractivity contribution in [3.05, 3.63) is 29.5 Å². The number of pyridine rings is 1. The average Bonchev–Trinajstić information content (AvgIpc) is 3.51. The molecule has 3 aliphatic rings. The van der Waals surface area contributed by atoms with Crippen LogP contribution in [0, 0.1) is 17.2 Å². The lowest BCUT2D eigenvalue weighted by Crippen LogP contribution is -2.54. The summed E-state index contributed by atoms with van der Waals surface area (Å²) in [5.74, 6) is 1.85. The first-order valence-electron chi connectivity index (χ1n) is 9.25. The first kappa shape index (κ1) is 16.1. The van der Waals surface area contributed by atoms with Crippen LogP contribution in [0.3, 0.4) is 0 Å². The molecule has 3 fully saturated rings. The molecule has 0 spiro atoms. The van der Waals surface area contributed by atoms with Crippen LogP contribution in [0.25, 0.3) is 6.08 Å². The van der Waals surface area contributed by atoms with Crippen LogP contribution in [0.2, 0.25) is 0 Å². The first-order valence-corrected chi connectivity index (χ1v) is 9.25. The van der Waals surface area contributed by atoms with E-state index in [0.717, 1.165) is 43.0 Å². The van der Waals surface area contributed by atoms with Gasteiger partial charge in [-0.1, -0.05) is 12.7 Å². The molecule has 1 atom stereocenters. The molecule has 1 saturated heterocycles.